The molecule has 6 heteroatoms. The van der Waals surface area contributed by atoms with Gasteiger partial charge in [0.2, 0.25) is 0 Å². The van der Waals surface area contributed by atoms with Crippen LogP contribution in [0.25, 0.3) is 11.3 Å². The van der Waals surface area contributed by atoms with Crippen LogP contribution < -0.4 is 9.47 Å². The summed E-state index contributed by atoms with van der Waals surface area (Å²) >= 11 is 0. The molecular weight excluding hydrogens is 426 g/mol. The predicted molar refractivity (Wildman–Crippen MR) is 131 cm³/mol. The molecule has 1 atom stereocenters. The Balaban J connectivity index is 1.54. The van der Waals surface area contributed by atoms with Crippen molar-refractivity contribution in [1.82, 2.24) is 15.1 Å². The maximum Gasteiger partial charge on any atom is 0.273 e. The summed E-state index contributed by atoms with van der Waals surface area (Å²) in [5.74, 6) is 1.56. The fourth-order valence-corrected chi connectivity index (χ4v) is 4.55. The van der Waals surface area contributed by atoms with E-state index in [0.717, 1.165) is 40.3 Å². The summed E-state index contributed by atoms with van der Waals surface area (Å²) in [5.41, 5.74) is 5.41. The van der Waals surface area contributed by atoms with E-state index in [0.29, 0.717) is 18.8 Å². The molecule has 2 heterocycles. The van der Waals surface area contributed by atoms with Gasteiger partial charge in [-0.1, -0.05) is 42.5 Å². The van der Waals surface area contributed by atoms with E-state index in [1.807, 2.05) is 78.6 Å². The molecule has 172 valence electrons. The van der Waals surface area contributed by atoms with Gasteiger partial charge in [0.25, 0.3) is 5.91 Å². The van der Waals surface area contributed by atoms with E-state index in [1.54, 1.807) is 7.11 Å². The molecule has 1 N–H and O–H groups in total. The lowest BCUT2D eigenvalue weighted by molar-refractivity contribution is 0.0746. The minimum absolute atomic E-state index is 0.0305. The summed E-state index contributed by atoms with van der Waals surface area (Å²) in [5, 5.41) is 7.58. The second-order valence-electron chi connectivity index (χ2n) is 8.23. The normalized spacial score (nSPS) is 14.8. The van der Waals surface area contributed by atoms with Gasteiger partial charge in [-0.05, 0) is 60.9 Å². The standard InChI is InChI=1S/C28H27N3O3/c1-3-34-23-15-11-21(12-16-23)27-24-25(20-9-13-22(33-2)14-10-20)29-30-26(24)28(32)31(27)18-17-19-7-5-4-6-8-19/h4-16,27H,3,17-18H2,1-2H3,(H,29,30). The summed E-state index contributed by atoms with van der Waals surface area (Å²) in [7, 11) is 1.65. The first-order valence-corrected chi connectivity index (χ1v) is 11.5. The maximum atomic E-state index is 13.5. The average Bonchev–Trinajstić information content (AvgIpc) is 3.43. The fraction of sp³-hybridized carbons (Fsp3) is 0.214. The van der Waals surface area contributed by atoms with Gasteiger partial charge in [0.05, 0.1) is 25.5 Å². The number of ether oxygens (including phenoxy) is 2. The first-order valence-electron chi connectivity index (χ1n) is 11.5. The van der Waals surface area contributed by atoms with Crippen LogP contribution in [-0.2, 0) is 6.42 Å². The smallest absolute Gasteiger partial charge is 0.273 e. The number of fused-ring (bicyclic) bond motifs is 1. The van der Waals surface area contributed by atoms with Gasteiger partial charge in [-0.2, -0.15) is 5.10 Å². The number of carbonyl (C=O) groups excluding carboxylic acids is 1. The zero-order valence-electron chi connectivity index (χ0n) is 19.3. The first-order chi connectivity index (χ1) is 16.7. The number of hydrogen-bond donors (Lipinski definition) is 1. The van der Waals surface area contributed by atoms with Gasteiger partial charge in [0.15, 0.2) is 0 Å². The van der Waals surface area contributed by atoms with Gasteiger partial charge in [-0.3, -0.25) is 9.89 Å². The van der Waals surface area contributed by atoms with Crippen LogP contribution in [-0.4, -0.2) is 41.3 Å². The average molecular weight is 454 g/mol. The van der Waals surface area contributed by atoms with E-state index in [-0.39, 0.29) is 11.9 Å². The molecule has 1 aliphatic heterocycles. The minimum Gasteiger partial charge on any atom is -0.497 e. The van der Waals surface area contributed by atoms with Crippen molar-refractivity contribution in [3.8, 4) is 22.8 Å². The summed E-state index contributed by atoms with van der Waals surface area (Å²) in [6.07, 6.45) is 0.773. The first kappa shape index (κ1) is 21.8. The molecule has 0 saturated carbocycles. The van der Waals surface area contributed by atoms with Crippen molar-refractivity contribution in [1.29, 1.82) is 0 Å². The Morgan fingerprint density at radius 2 is 1.65 bits per heavy atom. The molecule has 5 rings (SSSR count). The molecule has 0 aliphatic carbocycles. The van der Waals surface area contributed by atoms with Crippen molar-refractivity contribution >= 4 is 5.91 Å². The van der Waals surface area contributed by atoms with Crippen LogP contribution in [0.15, 0.2) is 78.9 Å². The highest BCUT2D eigenvalue weighted by atomic mass is 16.5. The molecule has 34 heavy (non-hydrogen) atoms. The number of amides is 1. The Morgan fingerprint density at radius 3 is 2.32 bits per heavy atom. The highest BCUT2D eigenvalue weighted by Gasteiger charge is 2.41. The monoisotopic (exact) mass is 453 g/mol. The summed E-state index contributed by atoms with van der Waals surface area (Å²) in [6.45, 7) is 3.18. The molecule has 1 aliphatic rings. The molecule has 0 radical (unpaired) electrons. The van der Waals surface area contributed by atoms with E-state index in [4.69, 9.17) is 9.47 Å². The van der Waals surface area contributed by atoms with Gasteiger partial charge in [0.1, 0.15) is 17.2 Å². The molecule has 0 spiro atoms. The molecule has 3 aromatic carbocycles. The number of aromatic nitrogens is 2. The lowest BCUT2D eigenvalue weighted by Gasteiger charge is -2.26. The molecule has 6 nitrogen and oxygen atoms in total. The number of hydrogen-bond acceptors (Lipinski definition) is 4. The number of nitrogens with one attached hydrogen (secondary N) is 1. The van der Waals surface area contributed by atoms with Crippen LogP contribution in [0.1, 0.15) is 40.1 Å². The molecule has 1 unspecified atom stereocenters. The van der Waals surface area contributed by atoms with Crippen LogP contribution >= 0.6 is 0 Å². The Kier molecular flexibility index (Phi) is 6.04. The third-order valence-electron chi connectivity index (χ3n) is 6.22. The topological polar surface area (TPSA) is 67.5 Å². The van der Waals surface area contributed by atoms with Crippen molar-refractivity contribution in [3.63, 3.8) is 0 Å². The number of nitrogens with zero attached hydrogens (tertiary/aromatic N) is 2. The van der Waals surface area contributed by atoms with Gasteiger partial charge >= 0.3 is 0 Å². The summed E-state index contributed by atoms with van der Waals surface area (Å²) in [6, 6.07) is 25.8. The molecule has 1 amide bonds. The van der Waals surface area contributed by atoms with Gasteiger partial charge in [-0.25, -0.2) is 0 Å². The van der Waals surface area contributed by atoms with Crippen LogP contribution in [0.5, 0.6) is 11.5 Å². The Labute approximate surface area is 199 Å². The van der Waals surface area contributed by atoms with E-state index in [1.165, 1.54) is 5.56 Å². The van der Waals surface area contributed by atoms with Crippen molar-refractivity contribution in [2.75, 3.05) is 20.3 Å². The predicted octanol–water partition coefficient (Wildman–Crippen LogP) is 5.27. The Bertz CT molecular complexity index is 1260. The quantitative estimate of drug-likeness (QED) is 0.395. The highest BCUT2D eigenvalue weighted by molar-refractivity contribution is 6.00. The molecule has 0 fully saturated rings. The number of H-pyrrole nitrogens is 1. The largest absolute Gasteiger partial charge is 0.497 e. The molecule has 1 aromatic heterocycles. The lowest BCUT2D eigenvalue weighted by Crippen LogP contribution is -2.31. The lowest BCUT2D eigenvalue weighted by atomic mass is 9.95. The Hall–Kier alpha value is -4.06. The number of aromatic amines is 1. The van der Waals surface area contributed by atoms with Crippen LogP contribution in [0.4, 0.5) is 0 Å². The van der Waals surface area contributed by atoms with Crippen LogP contribution in [0.3, 0.4) is 0 Å². The second kappa shape index (κ2) is 9.43. The van der Waals surface area contributed by atoms with E-state index in [2.05, 4.69) is 22.3 Å². The fourth-order valence-electron chi connectivity index (χ4n) is 4.55. The summed E-state index contributed by atoms with van der Waals surface area (Å²) < 4.78 is 10.9. The van der Waals surface area contributed by atoms with Crippen molar-refractivity contribution in [2.24, 2.45) is 0 Å². The third-order valence-corrected chi connectivity index (χ3v) is 6.22. The summed E-state index contributed by atoms with van der Waals surface area (Å²) in [4.78, 5) is 15.5. The van der Waals surface area contributed by atoms with Crippen molar-refractivity contribution < 1.29 is 14.3 Å². The second-order valence-corrected chi connectivity index (χ2v) is 8.23. The molecule has 4 aromatic rings. The number of carbonyl (C=O) groups is 1. The van der Waals surface area contributed by atoms with E-state index < -0.39 is 0 Å². The van der Waals surface area contributed by atoms with Crippen LogP contribution in [0, 0.1) is 0 Å². The zero-order valence-corrected chi connectivity index (χ0v) is 19.3. The van der Waals surface area contributed by atoms with Crippen molar-refractivity contribution in [2.45, 2.75) is 19.4 Å². The Morgan fingerprint density at radius 1 is 0.941 bits per heavy atom. The SMILES string of the molecule is CCOc1ccc(C2c3c(-c4ccc(OC)cc4)n[nH]c3C(=O)N2CCc2ccccc2)cc1. The molecule has 0 bridgehead atoms. The van der Waals surface area contributed by atoms with E-state index in [9.17, 15) is 4.79 Å². The van der Waals surface area contributed by atoms with Gasteiger partial charge in [-0.15, -0.1) is 0 Å². The maximum absolute atomic E-state index is 13.5. The number of benzene rings is 3. The van der Waals surface area contributed by atoms with E-state index >= 15 is 0 Å². The van der Waals surface area contributed by atoms with Crippen molar-refractivity contribution in [3.05, 3.63) is 101 Å². The van der Waals surface area contributed by atoms with Crippen LogP contribution in [0.2, 0.25) is 0 Å². The molecule has 0 saturated heterocycles. The van der Waals surface area contributed by atoms with Gasteiger partial charge < -0.3 is 14.4 Å². The number of methoxy groups -OCH3 is 1. The third kappa shape index (κ3) is 4.03. The zero-order chi connectivity index (χ0) is 23.5. The molecular formula is C28H27N3O3. The number of rotatable bonds is 8. The van der Waals surface area contributed by atoms with Gasteiger partial charge in [0, 0.05) is 17.7 Å². The minimum atomic E-state index is -0.238. The highest BCUT2D eigenvalue weighted by Crippen LogP contribution is 2.43.